The number of hydrogen-bond acceptors (Lipinski definition) is 2. The summed E-state index contributed by atoms with van der Waals surface area (Å²) in [7, 11) is 1.97. The molecule has 2 aromatic rings. The van der Waals surface area contributed by atoms with Crippen molar-refractivity contribution in [3.63, 3.8) is 0 Å². The lowest BCUT2D eigenvalue weighted by atomic mass is 10.0. The van der Waals surface area contributed by atoms with Crippen LogP contribution in [-0.4, -0.2) is 15.8 Å². The van der Waals surface area contributed by atoms with Crippen molar-refractivity contribution < 1.29 is 0 Å². The number of aryl methyl sites for hydroxylation is 2. The van der Waals surface area contributed by atoms with Gasteiger partial charge in [0, 0.05) is 41.5 Å². The Morgan fingerprint density at radius 3 is 2.65 bits per heavy atom. The average molecular weight is 290 g/mol. The molecule has 1 N–H and O–H groups in total. The molecule has 1 aliphatic carbocycles. The van der Waals surface area contributed by atoms with Gasteiger partial charge in [0.05, 0.1) is 5.69 Å². The van der Waals surface area contributed by atoms with Crippen LogP contribution in [0.5, 0.6) is 0 Å². The number of hydrogen-bond donors (Lipinski definition) is 1. The summed E-state index contributed by atoms with van der Waals surface area (Å²) in [6.07, 6.45) is 2.61. The summed E-state index contributed by atoms with van der Waals surface area (Å²) in [5, 5.41) is 8.78. The average Bonchev–Trinajstić information content (AvgIpc) is 3.18. The molecule has 0 spiro atoms. The van der Waals surface area contributed by atoms with Crippen LogP contribution in [0.25, 0.3) is 11.1 Å². The third-order valence-corrected chi connectivity index (χ3v) is 4.30. The Balaban J connectivity index is 1.89. The van der Waals surface area contributed by atoms with Gasteiger partial charge in [0.1, 0.15) is 0 Å². The van der Waals surface area contributed by atoms with Crippen LogP contribution in [0, 0.1) is 13.8 Å². The van der Waals surface area contributed by atoms with Gasteiger partial charge in [-0.25, -0.2) is 0 Å². The molecule has 3 rings (SSSR count). The number of halogens is 1. The summed E-state index contributed by atoms with van der Waals surface area (Å²) < 4.78 is 1.91. The lowest BCUT2D eigenvalue weighted by Gasteiger charge is -2.09. The van der Waals surface area contributed by atoms with E-state index in [4.69, 9.17) is 11.6 Å². The molecular formula is C16H20ClN3. The molecular weight excluding hydrogens is 270 g/mol. The number of benzene rings is 1. The quantitative estimate of drug-likeness (QED) is 0.932. The standard InChI is InChI=1S/C16H20ClN3/c1-10-16(11(2)20(3)19-10)14-7-4-12(8-15(14)17)9-18-13-5-6-13/h4,7-8,13,18H,5-6,9H2,1-3H3. The van der Waals surface area contributed by atoms with Crippen LogP contribution in [-0.2, 0) is 13.6 Å². The number of rotatable bonds is 4. The summed E-state index contributed by atoms with van der Waals surface area (Å²) in [5.41, 5.74) is 5.64. The van der Waals surface area contributed by atoms with Gasteiger partial charge in [0.25, 0.3) is 0 Å². The van der Waals surface area contributed by atoms with E-state index < -0.39 is 0 Å². The van der Waals surface area contributed by atoms with Crippen molar-refractivity contribution in [2.75, 3.05) is 0 Å². The first-order chi connectivity index (χ1) is 9.56. The second-order valence-corrected chi connectivity index (χ2v) is 6.05. The summed E-state index contributed by atoms with van der Waals surface area (Å²) in [5.74, 6) is 0. The Kier molecular flexibility index (Phi) is 3.57. The third kappa shape index (κ3) is 2.60. The van der Waals surface area contributed by atoms with Crippen molar-refractivity contribution >= 4 is 11.6 Å². The fourth-order valence-corrected chi connectivity index (χ4v) is 2.88. The molecule has 0 atom stereocenters. The van der Waals surface area contributed by atoms with Crippen LogP contribution in [0.2, 0.25) is 5.02 Å². The topological polar surface area (TPSA) is 29.9 Å². The van der Waals surface area contributed by atoms with Crippen molar-refractivity contribution in [2.24, 2.45) is 7.05 Å². The zero-order valence-corrected chi connectivity index (χ0v) is 13.0. The van der Waals surface area contributed by atoms with Crippen LogP contribution >= 0.6 is 11.6 Å². The van der Waals surface area contributed by atoms with E-state index in [0.29, 0.717) is 0 Å². The highest BCUT2D eigenvalue weighted by atomic mass is 35.5. The highest BCUT2D eigenvalue weighted by Gasteiger charge is 2.20. The molecule has 20 heavy (non-hydrogen) atoms. The van der Waals surface area contributed by atoms with Crippen molar-refractivity contribution in [1.29, 1.82) is 0 Å². The Bertz CT molecular complexity index is 641. The van der Waals surface area contributed by atoms with E-state index in [0.717, 1.165) is 40.1 Å². The minimum Gasteiger partial charge on any atom is -0.310 e. The Morgan fingerprint density at radius 2 is 2.10 bits per heavy atom. The molecule has 0 bridgehead atoms. The lowest BCUT2D eigenvalue weighted by molar-refractivity contribution is 0.688. The van der Waals surface area contributed by atoms with Gasteiger partial charge < -0.3 is 5.32 Å². The van der Waals surface area contributed by atoms with E-state index >= 15 is 0 Å². The number of nitrogens with one attached hydrogen (secondary N) is 1. The Hall–Kier alpha value is -1.32. The molecule has 1 saturated carbocycles. The maximum Gasteiger partial charge on any atom is 0.0675 e. The first-order valence-corrected chi connectivity index (χ1v) is 7.46. The molecule has 0 radical (unpaired) electrons. The SMILES string of the molecule is Cc1nn(C)c(C)c1-c1ccc(CNC2CC2)cc1Cl. The summed E-state index contributed by atoms with van der Waals surface area (Å²) >= 11 is 6.48. The first kappa shape index (κ1) is 13.7. The van der Waals surface area contributed by atoms with Gasteiger partial charge in [-0.1, -0.05) is 23.7 Å². The van der Waals surface area contributed by atoms with Crippen LogP contribution in [0.4, 0.5) is 0 Å². The van der Waals surface area contributed by atoms with Crippen molar-refractivity contribution in [1.82, 2.24) is 15.1 Å². The fraction of sp³-hybridized carbons (Fsp3) is 0.438. The van der Waals surface area contributed by atoms with E-state index in [1.165, 1.54) is 18.4 Å². The molecule has 0 aliphatic heterocycles. The summed E-state index contributed by atoms with van der Waals surface area (Å²) in [6.45, 7) is 5.01. The predicted octanol–water partition coefficient (Wildman–Crippen LogP) is 3.61. The smallest absolute Gasteiger partial charge is 0.0675 e. The molecule has 1 fully saturated rings. The highest BCUT2D eigenvalue weighted by Crippen LogP contribution is 2.33. The van der Waals surface area contributed by atoms with Crippen molar-refractivity contribution in [3.05, 3.63) is 40.2 Å². The molecule has 1 heterocycles. The molecule has 3 nitrogen and oxygen atoms in total. The van der Waals surface area contributed by atoms with E-state index in [-0.39, 0.29) is 0 Å². The van der Waals surface area contributed by atoms with E-state index in [1.807, 2.05) is 18.7 Å². The van der Waals surface area contributed by atoms with Crippen LogP contribution < -0.4 is 5.32 Å². The molecule has 1 aromatic carbocycles. The van der Waals surface area contributed by atoms with Gasteiger partial charge in [0.15, 0.2) is 0 Å². The van der Waals surface area contributed by atoms with Crippen molar-refractivity contribution in [2.45, 2.75) is 39.3 Å². The second kappa shape index (κ2) is 5.23. The largest absolute Gasteiger partial charge is 0.310 e. The molecule has 0 saturated heterocycles. The minimum atomic E-state index is 0.719. The number of nitrogens with zero attached hydrogens (tertiary/aromatic N) is 2. The molecule has 1 aromatic heterocycles. The summed E-state index contributed by atoms with van der Waals surface area (Å²) in [6, 6.07) is 7.06. The first-order valence-electron chi connectivity index (χ1n) is 7.08. The molecule has 0 unspecified atom stereocenters. The van der Waals surface area contributed by atoms with E-state index in [9.17, 15) is 0 Å². The highest BCUT2D eigenvalue weighted by molar-refractivity contribution is 6.33. The zero-order valence-electron chi connectivity index (χ0n) is 12.2. The second-order valence-electron chi connectivity index (χ2n) is 5.64. The Labute approximate surface area is 124 Å². The van der Waals surface area contributed by atoms with Crippen LogP contribution in [0.15, 0.2) is 18.2 Å². The maximum absolute atomic E-state index is 6.48. The molecule has 4 heteroatoms. The zero-order chi connectivity index (χ0) is 14.3. The van der Waals surface area contributed by atoms with Gasteiger partial charge in [-0.3, -0.25) is 4.68 Å². The third-order valence-electron chi connectivity index (χ3n) is 3.98. The normalized spacial score (nSPS) is 14.8. The van der Waals surface area contributed by atoms with E-state index in [1.54, 1.807) is 0 Å². The maximum atomic E-state index is 6.48. The van der Waals surface area contributed by atoms with Gasteiger partial charge >= 0.3 is 0 Å². The van der Waals surface area contributed by atoms with Gasteiger partial charge in [0.2, 0.25) is 0 Å². The van der Waals surface area contributed by atoms with Gasteiger partial charge in [-0.15, -0.1) is 0 Å². The van der Waals surface area contributed by atoms with Crippen molar-refractivity contribution in [3.8, 4) is 11.1 Å². The van der Waals surface area contributed by atoms with Crippen LogP contribution in [0.3, 0.4) is 0 Å². The molecule has 1 aliphatic rings. The molecule has 0 amide bonds. The Morgan fingerprint density at radius 1 is 1.35 bits per heavy atom. The van der Waals surface area contributed by atoms with Crippen LogP contribution in [0.1, 0.15) is 29.8 Å². The van der Waals surface area contributed by atoms with E-state index in [2.05, 4.69) is 35.5 Å². The number of aromatic nitrogens is 2. The molecule has 106 valence electrons. The minimum absolute atomic E-state index is 0.719. The van der Waals surface area contributed by atoms with Gasteiger partial charge in [-0.05, 0) is 38.3 Å². The fourth-order valence-electron chi connectivity index (χ4n) is 2.58. The predicted molar refractivity (Wildman–Crippen MR) is 83.0 cm³/mol. The monoisotopic (exact) mass is 289 g/mol. The van der Waals surface area contributed by atoms with Gasteiger partial charge in [-0.2, -0.15) is 5.10 Å². The lowest BCUT2D eigenvalue weighted by Crippen LogP contribution is -2.15. The summed E-state index contributed by atoms with van der Waals surface area (Å²) in [4.78, 5) is 0.